The highest BCUT2D eigenvalue weighted by molar-refractivity contribution is 5.75. The highest BCUT2D eigenvalue weighted by Gasteiger charge is 2.18. The lowest BCUT2D eigenvalue weighted by molar-refractivity contribution is 0.476. The summed E-state index contributed by atoms with van der Waals surface area (Å²) in [6, 6.07) is 15.9. The van der Waals surface area contributed by atoms with Gasteiger partial charge in [0.1, 0.15) is 5.75 Å². The van der Waals surface area contributed by atoms with Crippen molar-refractivity contribution in [2.24, 2.45) is 5.92 Å². The largest absolute Gasteiger partial charge is 0.506 e. The zero-order chi connectivity index (χ0) is 15.5. The number of aryl methyl sites for hydroxylation is 1. The van der Waals surface area contributed by atoms with Crippen molar-refractivity contribution in [2.45, 2.75) is 20.3 Å². The Labute approximate surface area is 132 Å². The smallest absolute Gasteiger partial charge is 0.139 e. The van der Waals surface area contributed by atoms with E-state index >= 15 is 0 Å². The topological polar surface area (TPSA) is 23.5 Å². The van der Waals surface area contributed by atoms with Gasteiger partial charge in [-0.05, 0) is 55.2 Å². The van der Waals surface area contributed by atoms with E-state index in [9.17, 15) is 5.11 Å². The van der Waals surface area contributed by atoms with Crippen molar-refractivity contribution >= 4 is 11.4 Å². The van der Waals surface area contributed by atoms with Gasteiger partial charge in [0.25, 0.3) is 0 Å². The van der Waals surface area contributed by atoms with Crippen molar-refractivity contribution in [3.63, 3.8) is 0 Å². The van der Waals surface area contributed by atoms with Crippen LogP contribution in [0.1, 0.15) is 18.9 Å². The van der Waals surface area contributed by atoms with E-state index < -0.39 is 0 Å². The Morgan fingerprint density at radius 2 is 1.86 bits per heavy atom. The summed E-state index contributed by atoms with van der Waals surface area (Å²) in [5.74, 6) is 0.792. The molecule has 0 bridgehead atoms. The Hall–Kier alpha value is -2.48. The first-order chi connectivity index (χ1) is 10.6. The fraction of sp³-hybridized carbons (Fsp3) is 0.200. The summed E-state index contributed by atoms with van der Waals surface area (Å²) in [7, 11) is 0. The van der Waals surface area contributed by atoms with Crippen LogP contribution in [0.2, 0.25) is 0 Å². The molecule has 0 saturated heterocycles. The van der Waals surface area contributed by atoms with Gasteiger partial charge in [-0.1, -0.05) is 43.3 Å². The van der Waals surface area contributed by atoms with Gasteiger partial charge in [0.2, 0.25) is 0 Å². The van der Waals surface area contributed by atoms with Gasteiger partial charge in [-0.2, -0.15) is 0 Å². The quantitative estimate of drug-likeness (QED) is 0.827. The molecule has 0 spiro atoms. The van der Waals surface area contributed by atoms with Crippen LogP contribution >= 0.6 is 0 Å². The number of hydrogen-bond donors (Lipinski definition) is 1. The number of nitrogens with zero attached hydrogens (tertiary/aromatic N) is 1. The summed E-state index contributed by atoms with van der Waals surface area (Å²) in [5, 5.41) is 10.4. The molecule has 0 fully saturated rings. The van der Waals surface area contributed by atoms with Gasteiger partial charge >= 0.3 is 0 Å². The van der Waals surface area contributed by atoms with E-state index in [4.69, 9.17) is 0 Å². The van der Waals surface area contributed by atoms with E-state index in [2.05, 4.69) is 42.2 Å². The predicted octanol–water partition coefficient (Wildman–Crippen LogP) is 5.32. The van der Waals surface area contributed by atoms with Crippen LogP contribution in [0.15, 0.2) is 72.5 Å². The molecule has 0 radical (unpaired) electrons. The first-order valence-electron chi connectivity index (χ1n) is 7.68. The summed E-state index contributed by atoms with van der Waals surface area (Å²) in [5.41, 5.74) is 4.10. The maximum absolute atomic E-state index is 10.4. The second kappa shape index (κ2) is 6.10. The van der Waals surface area contributed by atoms with E-state index in [1.807, 2.05) is 37.3 Å². The number of anilines is 2. The van der Waals surface area contributed by atoms with Gasteiger partial charge in [0.15, 0.2) is 0 Å². The standard InChI is InChI=1S/C20H21NO/c1-15-7-6-10-18(13-15)21(17-8-4-3-5-9-17)19-14-16(2)11-12-20(19)22/h3-6,8-15,22H,7H2,1-2H3. The lowest BCUT2D eigenvalue weighted by Gasteiger charge is -2.29. The Kier molecular flexibility index (Phi) is 4.01. The van der Waals surface area contributed by atoms with E-state index in [1.165, 1.54) is 0 Å². The molecule has 2 nitrogen and oxygen atoms in total. The zero-order valence-electron chi connectivity index (χ0n) is 13.0. The van der Waals surface area contributed by atoms with Crippen molar-refractivity contribution in [3.8, 4) is 5.75 Å². The molecule has 1 atom stereocenters. The molecule has 1 aliphatic carbocycles. The molecule has 0 heterocycles. The minimum absolute atomic E-state index is 0.293. The lowest BCUT2D eigenvalue weighted by atomic mass is 10.00. The van der Waals surface area contributed by atoms with Crippen LogP contribution in [-0.2, 0) is 0 Å². The lowest BCUT2D eigenvalue weighted by Crippen LogP contribution is -2.17. The Bertz CT molecular complexity index is 716. The number of aromatic hydroxyl groups is 1. The number of allylic oxidation sites excluding steroid dienone is 3. The van der Waals surface area contributed by atoms with Gasteiger partial charge in [0.05, 0.1) is 5.69 Å². The van der Waals surface area contributed by atoms with E-state index in [1.54, 1.807) is 6.07 Å². The molecule has 2 aromatic carbocycles. The molecule has 1 aliphatic rings. The fourth-order valence-electron chi connectivity index (χ4n) is 2.78. The van der Waals surface area contributed by atoms with Crippen LogP contribution in [0.25, 0.3) is 0 Å². The summed E-state index contributed by atoms with van der Waals surface area (Å²) < 4.78 is 0. The number of phenolic OH excluding ortho intramolecular Hbond substituents is 1. The molecule has 0 aromatic heterocycles. The molecular formula is C20H21NO. The van der Waals surface area contributed by atoms with Crippen molar-refractivity contribution in [3.05, 3.63) is 78.0 Å². The van der Waals surface area contributed by atoms with E-state index in [0.29, 0.717) is 11.7 Å². The summed E-state index contributed by atoms with van der Waals surface area (Å²) in [6.45, 7) is 4.25. The second-order valence-electron chi connectivity index (χ2n) is 5.87. The molecule has 1 N–H and O–H groups in total. The van der Waals surface area contributed by atoms with Crippen molar-refractivity contribution in [1.29, 1.82) is 0 Å². The first-order valence-corrected chi connectivity index (χ1v) is 7.68. The second-order valence-corrected chi connectivity index (χ2v) is 5.87. The number of para-hydroxylation sites is 1. The fourth-order valence-corrected chi connectivity index (χ4v) is 2.78. The molecule has 2 heteroatoms. The molecule has 112 valence electrons. The van der Waals surface area contributed by atoms with E-state index in [0.717, 1.165) is 29.1 Å². The van der Waals surface area contributed by atoms with Crippen LogP contribution in [0.4, 0.5) is 11.4 Å². The monoisotopic (exact) mass is 291 g/mol. The Balaban J connectivity index is 2.15. The SMILES string of the molecule is Cc1ccc(O)c(N(C2=CC(C)CC=C2)c2ccccc2)c1. The van der Waals surface area contributed by atoms with Crippen LogP contribution in [0, 0.1) is 12.8 Å². The first kappa shape index (κ1) is 14.5. The third kappa shape index (κ3) is 2.91. The normalized spacial score (nSPS) is 17.2. The number of benzene rings is 2. The molecule has 0 amide bonds. The zero-order valence-corrected chi connectivity index (χ0v) is 13.0. The highest BCUT2D eigenvalue weighted by atomic mass is 16.3. The van der Waals surface area contributed by atoms with Gasteiger partial charge in [0, 0.05) is 11.4 Å². The van der Waals surface area contributed by atoms with Crippen molar-refractivity contribution in [2.75, 3.05) is 4.90 Å². The Morgan fingerprint density at radius 3 is 2.59 bits per heavy atom. The maximum atomic E-state index is 10.4. The Morgan fingerprint density at radius 1 is 1.09 bits per heavy atom. The van der Waals surface area contributed by atoms with Gasteiger partial charge in [-0.15, -0.1) is 0 Å². The average molecular weight is 291 g/mol. The number of rotatable bonds is 3. The van der Waals surface area contributed by atoms with Crippen LogP contribution < -0.4 is 4.90 Å². The van der Waals surface area contributed by atoms with Crippen LogP contribution in [0.3, 0.4) is 0 Å². The summed E-state index contributed by atoms with van der Waals surface area (Å²) in [6.07, 6.45) is 7.65. The van der Waals surface area contributed by atoms with Crippen molar-refractivity contribution in [1.82, 2.24) is 0 Å². The maximum Gasteiger partial charge on any atom is 0.139 e. The molecule has 0 saturated carbocycles. The minimum atomic E-state index is 0.293. The van der Waals surface area contributed by atoms with Gasteiger partial charge in [-0.25, -0.2) is 0 Å². The van der Waals surface area contributed by atoms with E-state index in [-0.39, 0.29) is 0 Å². The van der Waals surface area contributed by atoms with Crippen molar-refractivity contribution < 1.29 is 5.11 Å². The molecule has 22 heavy (non-hydrogen) atoms. The summed E-state index contributed by atoms with van der Waals surface area (Å²) >= 11 is 0. The average Bonchev–Trinajstić information content (AvgIpc) is 2.52. The third-order valence-electron chi connectivity index (χ3n) is 3.90. The minimum Gasteiger partial charge on any atom is -0.506 e. The third-order valence-corrected chi connectivity index (χ3v) is 3.90. The molecular weight excluding hydrogens is 270 g/mol. The van der Waals surface area contributed by atoms with Gasteiger partial charge < -0.3 is 10.0 Å². The van der Waals surface area contributed by atoms with Crippen LogP contribution in [-0.4, -0.2) is 5.11 Å². The number of phenols is 1. The highest BCUT2D eigenvalue weighted by Crippen LogP contribution is 2.38. The van der Waals surface area contributed by atoms with Gasteiger partial charge in [-0.3, -0.25) is 0 Å². The van der Waals surface area contributed by atoms with Crippen LogP contribution in [0.5, 0.6) is 5.75 Å². The molecule has 0 aliphatic heterocycles. The predicted molar refractivity (Wildman–Crippen MR) is 92.4 cm³/mol. The molecule has 3 rings (SSSR count). The molecule has 2 aromatic rings. The number of hydrogen-bond acceptors (Lipinski definition) is 2. The summed E-state index contributed by atoms with van der Waals surface area (Å²) in [4.78, 5) is 2.12. The molecule has 1 unspecified atom stereocenters.